The Morgan fingerprint density at radius 2 is 2.12 bits per heavy atom. The zero-order valence-electron chi connectivity index (χ0n) is 19.1. The van der Waals surface area contributed by atoms with E-state index < -0.39 is 5.82 Å². The van der Waals surface area contributed by atoms with Crippen LogP contribution in [0.25, 0.3) is 17.5 Å². The lowest BCUT2D eigenvalue weighted by Crippen LogP contribution is -2.30. The number of H-pyrrole nitrogens is 1. The molecule has 0 saturated carbocycles. The standard InChI is InChI=1S/C24H28FN7O/c1-14(2)32-13-29-21-23(30-22(31-24(21)32)16-8-17(25)12-26-10-16)27-7-6-15-11-28-20-5-4-18(33-3)9-19(15)20/h8-12,14,28-29H,4-7,13H2,1-3H3,(H,27,30,31). The van der Waals surface area contributed by atoms with Crippen LogP contribution in [0.3, 0.4) is 0 Å². The summed E-state index contributed by atoms with van der Waals surface area (Å²) in [5, 5.41) is 6.89. The number of anilines is 3. The molecule has 2 aliphatic rings. The van der Waals surface area contributed by atoms with Gasteiger partial charge < -0.3 is 25.3 Å². The largest absolute Gasteiger partial charge is 0.501 e. The number of hydrogen-bond acceptors (Lipinski definition) is 7. The van der Waals surface area contributed by atoms with Crippen molar-refractivity contribution in [1.29, 1.82) is 0 Å². The van der Waals surface area contributed by atoms with Crippen molar-refractivity contribution in [2.24, 2.45) is 0 Å². The molecule has 1 aliphatic carbocycles. The molecule has 0 saturated heterocycles. The lowest BCUT2D eigenvalue weighted by Gasteiger charge is -2.22. The maximum Gasteiger partial charge on any atom is 0.165 e. The molecular weight excluding hydrogens is 421 g/mol. The van der Waals surface area contributed by atoms with Crippen molar-refractivity contribution in [1.82, 2.24) is 19.9 Å². The fraction of sp³-hybridized carbons (Fsp3) is 0.375. The third-order valence-corrected chi connectivity index (χ3v) is 6.14. The van der Waals surface area contributed by atoms with Crippen molar-refractivity contribution >= 4 is 23.4 Å². The van der Waals surface area contributed by atoms with Gasteiger partial charge in [0.15, 0.2) is 17.5 Å². The number of methoxy groups -OCH3 is 1. The maximum absolute atomic E-state index is 13.8. The third kappa shape index (κ3) is 4.10. The van der Waals surface area contributed by atoms with Gasteiger partial charge in [-0.3, -0.25) is 4.98 Å². The van der Waals surface area contributed by atoms with Gasteiger partial charge in [0.05, 0.1) is 25.7 Å². The molecule has 5 rings (SSSR count). The molecule has 0 spiro atoms. The van der Waals surface area contributed by atoms with Crippen LogP contribution in [0.1, 0.15) is 37.1 Å². The van der Waals surface area contributed by atoms with Gasteiger partial charge in [0, 0.05) is 48.2 Å². The normalized spacial score (nSPS) is 14.6. The molecule has 3 aromatic rings. The van der Waals surface area contributed by atoms with E-state index in [1.807, 2.05) is 0 Å². The van der Waals surface area contributed by atoms with Crippen LogP contribution in [0, 0.1) is 5.82 Å². The van der Waals surface area contributed by atoms with Crippen LogP contribution in [0.5, 0.6) is 0 Å². The van der Waals surface area contributed by atoms with E-state index in [9.17, 15) is 4.39 Å². The minimum Gasteiger partial charge on any atom is -0.501 e. The van der Waals surface area contributed by atoms with E-state index in [-0.39, 0.29) is 6.04 Å². The van der Waals surface area contributed by atoms with Gasteiger partial charge in [-0.05, 0) is 44.4 Å². The minimum atomic E-state index is -0.411. The first kappa shape index (κ1) is 21.2. The summed E-state index contributed by atoms with van der Waals surface area (Å²) in [7, 11) is 1.72. The fourth-order valence-corrected chi connectivity index (χ4v) is 4.35. The smallest absolute Gasteiger partial charge is 0.165 e. The number of aromatic amines is 1. The zero-order chi connectivity index (χ0) is 22.9. The van der Waals surface area contributed by atoms with Crippen molar-refractivity contribution in [2.45, 2.75) is 39.2 Å². The number of aromatic nitrogens is 4. The first-order chi connectivity index (χ1) is 16.0. The number of nitrogens with zero attached hydrogens (tertiary/aromatic N) is 4. The van der Waals surface area contributed by atoms with E-state index >= 15 is 0 Å². The Labute approximate surface area is 192 Å². The lowest BCUT2D eigenvalue weighted by atomic mass is 9.99. The fourth-order valence-electron chi connectivity index (χ4n) is 4.35. The van der Waals surface area contributed by atoms with Crippen LogP contribution < -0.4 is 15.5 Å². The first-order valence-electron chi connectivity index (χ1n) is 11.2. The van der Waals surface area contributed by atoms with Crippen molar-refractivity contribution in [2.75, 3.05) is 35.9 Å². The van der Waals surface area contributed by atoms with Gasteiger partial charge >= 0.3 is 0 Å². The number of aryl methyl sites for hydroxylation is 1. The molecule has 0 unspecified atom stereocenters. The molecule has 4 heterocycles. The van der Waals surface area contributed by atoms with Crippen LogP contribution >= 0.6 is 0 Å². The van der Waals surface area contributed by atoms with E-state index in [4.69, 9.17) is 14.7 Å². The molecule has 0 fully saturated rings. The Hall–Kier alpha value is -3.62. The van der Waals surface area contributed by atoms with E-state index in [1.165, 1.54) is 29.1 Å². The highest BCUT2D eigenvalue weighted by Gasteiger charge is 2.27. The van der Waals surface area contributed by atoms with Crippen LogP contribution in [-0.2, 0) is 17.6 Å². The van der Waals surface area contributed by atoms with Gasteiger partial charge in [-0.25, -0.2) is 14.4 Å². The van der Waals surface area contributed by atoms with Gasteiger partial charge in [-0.15, -0.1) is 0 Å². The van der Waals surface area contributed by atoms with Crippen LogP contribution in [0.4, 0.5) is 21.7 Å². The minimum absolute atomic E-state index is 0.258. The summed E-state index contributed by atoms with van der Waals surface area (Å²) in [6.45, 7) is 5.57. The molecule has 0 aromatic carbocycles. The van der Waals surface area contributed by atoms with Gasteiger partial charge in [-0.1, -0.05) is 0 Å². The Morgan fingerprint density at radius 3 is 2.91 bits per heavy atom. The van der Waals surface area contributed by atoms with Crippen LogP contribution in [0.15, 0.2) is 30.4 Å². The second-order valence-electron chi connectivity index (χ2n) is 8.58. The predicted molar refractivity (Wildman–Crippen MR) is 128 cm³/mol. The van der Waals surface area contributed by atoms with Gasteiger partial charge in [-0.2, -0.15) is 0 Å². The summed E-state index contributed by atoms with van der Waals surface area (Å²) in [6, 6.07) is 1.67. The number of nitrogens with one attached hydrogen (secondary N) is 3. The van der Waals surface area contributed by atoms with E-state index in [0.29, 0.717) is 30.4 Å². The van der Waals surface area contributed by atoms with E-state index in [2.05, 4.69) is 51.6 Å². The van der Waals surface area contributed by atoms with Gasteiger partial charge in [0.25, 0.3) is 0 Å². The molecule has 0 bridgehead atoms. The second-order valence-corrected chi connectivity index (χ2v) is 8.58. The lowest BCUT2D eigenvalue weighted by molar-refractivity contribution is 0.279. The summed E-state index contributed by atoms with van der Waals surface area (Å²) in [5.41, 5.74) is 5.14. The predicted octanol–water partition coefficient (Wildman–Crippen LogP) is 4.19. The quantitative estimate of drug-likeness (QED) is 0.498. The first-order valence-corrected chi connectivity index (χ1v) is 11.2. The number of pyridine rings is 1. The molecule has 8 nitrogen and oxygen atoms in total. The highest BCUT2D eigenvalue weighted by Crippen LogP contribution is 2.38. The molecule has 33 heavy (non-hydrogen) atoms. The number of hydrogen-bond donors (Lipinski definition) is 3. The van der Waals surface area contributed by atoms with Crippen LogP contribution in [-0.4, -0.2) is 46.3 Å². The van der Waals surface area contributed by atoms with Gasteiger partial charge in [0.1, 0.15) is 11.5 Å². The number of rotatable bonds is 7. The van der Waals surface area contributed by atoms with E-state index in [0.717, 1.165) is 36.5 Å². The summed E-state index contributed by atoms with van der Waals surface area (Å²) in [5.74, 6) is 2.57. The van der Waals surface area contributed by atoms with Crippen molar-refractivity contribution in [3.8, 4) is 11.4 Å². The second kappa shape index (κ2) is 8.73. The summed E-state index contributed by atoms with van der Waals surface area (Å²) < 4.78 is 19.3. The topological polar surface area (TPSA) is 91.0 Å². The molecule has 0 radical (unpaired) electrons. The molecule has 0 atom stereocenters. The molecule has 3 aromatic heterocycles. The zero-order valence-corrected chi connectivity index (χ0v) is 19.1. The Morgan fingerprint density at radius 1 is 1.24 bits per heavy atom. The molecule has 0 amide bonds. The monoisotopic (exact) mass is 449 g/mol. The molecule has 9 heteroatoms. The Balaban J connectivity index is 1.41. The SMILES string of the molecule is COC1=Cc2c(CCNc3nc(-c4cncc(F)c4)nc4c3NCN4C(C)C)c[nH]c2CC1. The Kier molecular flexibility index (Phi) is 5.62. The summed E-state index contributed by atoms with van der Waals surface area (Å²) in [6.07, 6.45) is 9.68. The summed E-state index contributed by atoms with van der Waals surface area (Å²) >= 11 is 0. The Bertz CT molecular complexity index is 1200. The van der Waals surface area contributed by atoms with E-state index in [1.54, 1.807) is 13.3 Å². The number of fused-ring (bicyclic) bond motifs is 2. The van der Waals surface area contributed by atoms with Gasteiger partial charge in [0.2, 0.25) is 0 Å². The highest BCUT2D eigenvalue weighted by molar-refractivity contribution is 5.83. The van der Waals surface area contributed by atoms with Crippen molar-refractivity contribution < 1.29 is 9.13 Å². The number of halogens is 1. The number of ether oxygens (including phenoxy) is 1. The average molecular weight is 450 g/mol. The van der Waals surface area contributed by atoms with Crippen LogP contribution in [0.2, 0.25) is 0 Å². The molecular formula is C24H28FN7O. The van der Waals surface area contributed by atoms with Crippen molar-refractivity contribution in [3.63, 3.8) is 0 Å². The average Bonchev–Trinajstić information content (AvgIpc) is 3.43. The maximum atomic E-state index is 13.8. The third-order valence-electron chi connectivity index (χ3n) is 6.14. The van der Waals surface area contributed by atoms with Crippen molar-refractivity contribution in [3.05, 3.63) is 53.1 Å². The highest BCUT2D eigenvalue weighted by atomic mass is 19.1. The molecule has 1 aliphatic heterocycles. The molecule has 3 N–H and O–H groups in total. The molecule has 172 valence electrons. The number of allylic oxidation sites excluding steroid dienone is 1. The summed E-state index contributed by atoms with van der Waals surface area (Å²) in [4.78, 5) is 19.0.